The normalized spacial score (nSPS) is 23.0. The van der Waals surface area contributed by atoms with Gasteiger partial charge in [-0.2, -0.15) is 0 Å². The molecule has 2 heterocycles. The molecule has 0 spiro atoms. The standard InChI is InChI=1S/C18H24N4O2S2.HI/c1-12(14-2-5-16-17(8-14)25-11-20-16)21-18(22-15-3-4-15)19-9-13-6-7-26(23,24)10-13;/h2,5,8,11-13,15H,3-4,6-7,9-10H2,1H3,(H2,19,21,22);1H. The molecule has 0 bridgehead atoms. The molecule has 27 heavy (non-hydrogen) atoms. The maximum atomic E-state index is 11.6. The Bertz CT molecular complexity index is 924. The van der Waals surface area contributed by atoms with Crippen LogP contribution in [0.5, 0.6) is 0 Å². The maximum absolute atomic E-state index is 11.6. The molecule has 2 aliphatic rings. The van der Waals surface area contributed by atoms with Crippen LogP contribution in [0.4, 0.5) is 0 Å². The number of thiazole rings is 1. The number of rotatable bonds is 5. The van der Waals surface area contributed by atoms with Crippen molar-refractivity contribution in [3.8, 4) is 0 Å². The molecule has 0 radical (unpaired) electrons. The Morgan fingerprint density at radius 3 is 2.89 bits per heavy atom. The number of hydrogen-bond donors (Lipinski definition) is 2. The third-order valence-corrected chi connectivity index (χ3v) is 7.59. The van der Waals surface area contributed by atoms with Gasteiger partial charge >= 0.3 is 0 Å². The van der Waals surface area contributed by atoms with Gasteiger partial charge in [0.25, 0.3) is 0 Å². The number of sulfone groups is 1. The van der Waals surface area contributed by atoms with E-state index in [4.69, 9.17) is 0 Å². The molecule has 9 heteroatoms. The minimum Gasteiger partial charge on any atom is -0.354 e. The first-order valence-corrected chi connectivity index (χ1v) is 11.8. The molecule has 2 aromatic rings. The van der Waals surface area contributed by atoms with Crippen molar-refractivity contribution in [3.63, 3.8) is 0 Å². The molecule has 148 valence electrons. The van der Waals surface area contributed by atoms with Crippen molar-refractivity contribution in [1.82, 2.24) is 15.6 Å². The van der Waals surface area contributed by atoms with Crippen LogP contribution in [-0.4, -0.2) is 43.5 Å². The predicted octanol–water partition coefficient (Wildman–Crippen LogP) is 3.11. The van der Waals surface area contributed by atoms with Crippen molar-refractivity contribution in [1.29, 1.82) is 0 Å². The van der Waals surface area contributed by atoms with Gasteiger partial charge in [0.1, 0.15) is 0 Å². The van der Waals surface area contributed by atoms with E-state index in [0.717, 1.165) is 17.9 Å². The van der Waals surface area contributed by atoms with Crippen LogP contribution in [0, 0.1) is 5.92 Å². The van der Waals surface area contributed by atoms with Gasteiger partial charge in [-0.05, 0) is 49.8 Å². The summed E-state index contributed by atoms with van der Waals surface area (Å²) in [5, 5.41) is 6.93. The highest BCUT2D eigenvalue weighted by atomic mass is 127. The first kappa shape index (κ1) is 20.8. The van der Waals surface area contributed by atoms with Crippen LogP contribution in [0.3, 0.4) is 0 Å². The second-order valence-corrected chi connectivity index (χ2v) is 10.4. The van der Waals surface area contributed by atoms with Gasteiger partial charge in [0.05, 0.1) is 33.3 Å². The Labute approximate surface area is 181 Å². The Kier molecular flexibility index (Phi) is 6.62. The van der Waals surface area contributed by atoms with E-state index >= 15 is 0 Å². The molecular weight excluding hydrogens is 495 g/mol. The van der Waals surface area contributed by atoms with Crippen molar-refractivity contribution in [2.24, 2.45) is 10.9 Å². The minimum absolute atomic E-state index is 0. The van der Waals surface area contributed by atoms with Gasteiger partial charge in [-0.1, -0.05) is 6.07 Å². The lowest BCUT2D eigenvalue weighted by Gasteiger charge is -2.19. The van der Waals surface area contributed by atoms with Gasteiger partial charge in [0.15, 0.2) is 15.8 Å². The van der Waals surface area contributed by atoms with Gasteiger partial charge in [0, 0.05) is 12.6 Å². The number of aromatic nitrogens is 1. The second-order valence-electron chi connectivity index (χ2n) is 7.32. The summed E-state index contributed by atoms with van der Waals surface area (Å²) in [6, 6.07) is 6.91. The van der Waals surface area contributed by atoms with Crippen LogP contribution in [0.1, 0.15) is 37.8 Å². The van der Waals surface area contributed by atoms with Crippen LogP contribution >= 0.6 is 35.3 Å². The molecule has 2 N–H and O–H groups in total. The number of hydrogen-bond acceptors (Lipinski definition) is 5. The molecule has 1 aromatic carbocycles. The average molecular weight is 520 g/mol. The van der Waals surface area contributed by atoms with E-state index in [-0.39, 0.29) is 41.7 Å². The molecule has 4 rings (SSSR count). The summed E-state index contributed by atoms with van der Waals surface area (Å²) < 4.78 is 24.5. The fourth-order valence-corrected chi connectivity index (χ4v) is 5.79. The van der Waals surface area contributed by atoms with E-state index in [1.807, 2.05) is 11.6 Å². The third kappa shape index (κ3) is 5.54. The third-order valence-electron chi connectivity index (χ3n) is 4.96. The van der Waals surface area contributed by atoms with Crippen molar-refractivity contribution in [2.45, 2.75) is 38.3 Å². The highest BCUT2D eigenvalue weighted by molar-refractivity contribution is 14.0. The Morgan fingerprint density at radius 1 is 1.37 bits per heavy atom. The Balaban J connectivity index is 0.00000210. The van der Waals surface area contributed by atoms with Gasteiger partial charge < -0.3 is 10.6 Å². The van der Waals surface area contributed by atoms with Crippen LogP contribution in [-0.2, 0) is 9.84 Å². The van der Waals surface area contributed by atoms with E-state index in [2.05, 4.69) is 39.7 Å². The van der Waals surface area contributed by atoms with Crippen LogP contribution in [0.25, 0.3) is 10.2 Å². The number of nitrogens with one attached hydrogen (secondary N) is 2. The fourth-order valence-electron chi connectivity index (χ4n) is 3.22. The smallest absolute Gasteiger partial charge is 0.191 e. The minimum atomic E-state index is -2.85. The fraction of sp³-hybridized carbons (Fsp3) is 0.556. The summed E-state index contributed by atoms with van der Waals surface area (Å²) in [4.78, 5) is 9.02. The quantitative estimate of drug-likeness (QED) is 0.360. The number of halogens is 1. The lowest BCUT2D eigenvalue weighted by atomic mass is 10.1. The molecule has 2 unspecified atom stereocenters. The van der Waals surface area contributed by atoms with Crippen molar-refractivity contribution in [3.05, 3.63) is 29.3 Å². The van der Waals surface area contributed by atoms with Gasteiger partial charge in [-0.15, -0.1) is 35.3 Å². The van der Waals surface area contributed by atoms with Gasteiger partial charge in [-0.25, -0.2) is 13.4 Å². The molecular formula is C18H25IN4O2S2. The number of fused-ring (bicyclic) bond motifs is 1. The zero-order valence-corrected chi connectivity index (χ0v) is 19.2. The highest BCUT2D eigenvalue weighted by Crippen LogP contribution is 2.24. The summed E-state index contributed by atoms with van der Waals surface area (Å²) in [7, 11) is -2.85. The average Bonchev–Trinajstić information content (AvgIpc) is 3.16. The lowest BCUT2D eigenvalue weighted by Crippen LogP contribution is -2.40. The number of aliphatic imine (C=N–C) groups is 1. The first-order chi connectivity index (χ1) is 12.5. The Hall–Kier alpha value is -0.940. The van der Waals surface area contributed by atoms with E-state index in [9.17, 15) is 8.42 Å². The van der Waals surface area contributed by atoms with Gasteiger partial charge in [-0.3, -0.25) is 4.99 Å². The zero-order valence-electron chi connectivity index (χ0n) is 15.2. The van der Waals surface area contributed by atoms with Crippen molar-refractivity contribution >= 4 is 61.3 Å². The number of nitrogens with zero attached hydrogens (tertiary/aromatic N) is 2. The Morgan fingerprint density at radius 2 is 2.19 bits per heavy atom. The molecule has 2 fully saturated rings. The topological polar surface area (TPSA) is 83.5 Å². The molecule has 1 aliphatic carbocycles. The van der Waals surface area contributed by atoms with E-state index in [0.29, 0.717) is 18.3 Å². The maximum Gasteiger partial charge on any atom is 0.191 e. The summed E-state index contributed by atoms with van der Waals surface area (Å²) in [5.41, 5.74) is 4.08. The lowest BCUT2D eigenvalue weighted by molar-refractivity contribution is 0.587. The van der Waals surface area contributed by atoms with E-state index in [1.54, 1.807) is 11.3 Å². The zero-order chi connectivity index (χ0) is 18.1. The monoisotopic (exact) mass is 520 g/mol. The second kappa shape index (κ2) is 8.60. The predicted molar refractivity (Wildman–Crippen MR) is 122 cm³/mol. The molecule has 1 aliphatic heterocycles. The van der Waals surface area contributed by atoms with Crippen LogP contribution < -0.4 is 10.6 Å². The van der Waals surface area contributed by atoms with E-state index < -0.39 is 9.84 Å². The highest BCUT2D eigenvalue weighted by Gasteiger charge is 2.28. The van der Waals surface area contributed by atoms with Crippen molar-refractivity contribution in [2.75, 3.05) is 18.1 Å². The van der Waals surface area contributed by atoms with Crippen molar-refractivity contribution < 1.29 is 8.42 Å². The number of benzene rings is 1. The molecule has 0 amide bonds. The summed E-state index contributed by atoms with van der Waals surface area (Å²) in [6.07, 6.45) is 3.06. The molecule has 2 atom stereocenters. The number of guanidine groups is 1. The molecule has 1 saturated heterocycles. The van der Waals surface area contributed by atoms with Gasteiger partial charge in [0.2, 0.25) is 0 Å². The SMILES string of the molecule is CC(NC(=NCC1CCS(=O)(=O)C1)NC1CC1)c1ccc2ncsc2c1.I. The molecule has 1 saturated carbocycles. The summed E-state index contributed by atoms with van der Waals surface area (Å²) in [6.45, 7) is 2.67. The molecule has 1 aromatic heterocycles. The molecule has 6 nitrogen and oxygen atoms in total. The summed E-state index contributed by atoms with van der Waals surface area (Å²) in [5.74, 6) is 1.50. The van der Waals surface area contributed by atoms with E-state index in [1.165, 1.54) is 23.1 Å². The largest absolute Gasteiger partial charge is 0.354 e. The van der Waals surface area contributed by atoms with Crippen LogP contribution in [0.15, 0.2) is 28.7 Å². The summed E-state index contributed by atoms with van der Waals surface area (Å²) >= 11 is 1.64. The van der Waals surface area contributed by atoms with Crippen LogP contribution in [0.2, 0.25) is 0 Å². The first-order valence-electron chi connectivity index (χ1n) is 9.09.